The molecule has 3 rings (SSSR count). The number of nitrogens with one attached hydrogen (secondary N) is 1. The second-order valence-corrected chi connectivity index (χ2v) is 6.02. The quantitative estimate of drug-likeness (QED) is 0.705. The van der Waals surface area contributed by atoms with Crippen LogP contribution in [-0.2, 0) is 9.53 Å². The summed E-state index contributed by atoms with van der Waals surface area (Å²) in [4.78, 5) is 23.9. The fraction of sp³-hybridized carbons (Fsp3) is 0.200. The first-order valence-electron chi connectivity index (χ1n) is 8.15. The molecular weight excluding hydrogens is 337 g/mol. The van der Waals surface area contributed by atoms with E-state index in [1.807, 2.05) is 30.3 Å². The van der Waals surface area contributed by atoms with Crippen molar-refractivity contribution in [3.8, 4) is 0 Å². The van der Waals surface area contributed by atoms with Crippen molar-refractivity contribution < 1.29 is 23.1 Å². The van der Waals surface area contributed by atoms with Gasteiger partial charge in [0.15, 0.2) is 6.61 Å². The van der Waals surface area contributed by atoms with E-state index in [1.54, 1.807) is 13.8 Å². The van der Waals surface area contributed by atoms with Crippen LogP contribution in [0, 0.1) is 12.7 Å². The molecule has 0 aliphatic carbocycles. The summed E-state index contributed by atoms with van der Waals surface area (Å²) in [6.07, 6.45) is 0. The Balaban J connectivity index is 1.56. The first kappa shape index (κ1) is 17.7. The largest absolute Gasteiger partial charge is 0.459 e. The Morgan fingerprint density at radius 3 is 2.69 bits per heavy atom. The molecule has 1 atom stereocenters. The van der Waals surface area contributed by atoms with Crippen molar-refractivity contribution in [3.05, 3.63) is 71.2 Å². The Hall–Kier alpha value is -3.15. The maximum absolute atomic E-state index is 13.5. The summed E-state index contributed by atoms with van der Waals surface area (Å²) in [6, 6.07) is 13.0. The van der Waals surface area contributed by atoms with Gasteiger partial charge in [0, 0.05) is 5.39 Å². The van der Waals surface area contributed by atoms with Crippen LogP contribution in [-0.4, -0.2) is 18.5 Å². The van der Waals surface area contributed by atoms with E-state index in [2.05, 4.69) is 5.32 Å². The Morgan fingerprint density at radius 2 is 1.96 bits per heavy atom. The van der Waals surface area contributed by atoms with Crippen molar-refractivity contribution in [1.82, 2.24) is 5.32 Å². The number of benzene rings is 2. The normalized spacial score (nSPS) is 12.0. The molecule has 0 bridgehead atoms. The van der Waals surface area contributed by atoms with Gasteiger partial charge in [-0.1, -0.05) is 24.3 Å². The van der Waals surface area contributed by atoms with Crippen molar-refractivity contribution in [2.75, 3.05) is 6.61 Å². The third-order valence-electron chi connectivity index (χ3n) is 3.99. The first-order chi connectivity index (χ1) is 12.4. The van der Waals surface area contributed by atoms with Gasteiger partial charge >= 0.3 is 5.97 Å². The number of esters is 1. The van der Waals surface area contributed by atoms with E-state index in [9.17, 15) is 14.0 Å². The average Bonchev–Trinajstić information content (AvgIpc) is 3.06. The van der Waals surface area contributed by atoms with E-state index < -0.39 is 24.3 Å². The van der Waals surface area contributed by atoms with Crippen molar-refractivity contribution in [2.24, 2.45) is 0 Å². The van der Waals surface area contributed by atoms with Crippen LogP contribution in [0.4, 0.5) is 4.39 Å². The Kier molecular flexibility index (Phi) is 5.02. The zero-order chi connectivity index (χ0) is 18.7. The molecule has 3 aromatic rings. The van der Waals surface area contributed by atoms with Gasteiger partial charge in [-0.25, -0.2) is 9.18 Å². The van der Waals surface area contributed by atoms with Crippen LogP contribution < -0.4 is 5.32 Å². The molecule has 0 aliphatic rings. The number of rotatable bonds is 5. The average molecular weight is 355 g/mol. The van der Waals surface area contributed by atoms with Gasteiger partial charge in [-0.05, 0) is 43.7 Å². The molecule has 1 N–H and O–H groups in total. The monoisotopic (exact) mass is 355 g/mol. The van der Waals surface area contributed by atoms with Gasteiger partial charge in [0.05, 0.1) is 11.6 Å². The molecule has 0 saturated heterocycles. The second kappa shape index (κ2) is 7.39. The van der Waals surface area contributed by atoms with Crippen molar-refractivity contribution in [2.45, 2.75) is 19.9 Å². The van der Waals surface area contributed by atoms with E-state index in [-0.39, 0.29) is 11.6 Å². The fourth-order valence-electron chi connectivity index (χ4n) is 2.50. The molecule has 2 aromatic carbocycles. The van der Waals surface area contributed by atoms with Gasteiger partial charge < -0.3 is 14.5 Å². The molecule has 0 fully saturated rings. The lowest BCUT2D eigenvalue weighted by Crippen LogP contribution is -2.31. The van der Waals surface area contributed by atoms with Crippen LogP contribution in [0.1, 0.15) is 34.6 Å². The molecule has 6 heteroatoms. The van der Waals surface area contributed by atoms with Gasteiger partial charge in [0.2, 0.25) is 0 Å². The molecule has 0 saturated carbocycles. The minimum Gasteiger partial charge on any atom is -0.459 e. The van der Waals surface area contributed by atoms with E-state index in [0.717, 1.165) is 17.0 Å². The van der Waals surface area contributed by atoms with Gasteiger partial charge in [-0.3, -0.25) is 4.79 Å². The molecule has 1 heterocycles. The summed E-state index contributed by atoms with van der Waals surface area (Å²) in [6.45, 7) is 2.91. The summed E-state index contributed by atoms with van der Waals surface area (Å²) in [5.41, 5.74) is 1.22. The SMILES string of the molecule is Cc1ccc(C(=O)OCC(=O)N[C@@H](C)c2cc3ccccc3o2)cc1F. The van der Waals surface area contributed by atoms with Gasteiger partial charge in [-0.2, -0.15) is 0 Å². The van der Waals surface area contributed by atoms with E-state index in [1.165, 1.54) is 12.1 Å². The van der Waals surface area contributed by atoms with Crippen molar-refractivity contribution >= 4 is 22.8 Å². The lowest BCUT2D eigenvalue weighted by atomic mass is 10.1. The summed E-state index contributed by atoms with van der Waals surface area (Å²) >= 11 is 0. The molecule has 1 amide bonds. The lowest BCUT2D eigenvalue weighted by Gasteiger charge is -2.11. The highest BCUT2D eigenvalue weighted by Gasteiger charge is 2.16. The summed E-state index contributed by atoms with van der Waals surface area (Å²) < 4.78 is 24.1. The standard InChI is InChI=1S/C20H18FNO4/c1-12-7-8-15(9-16(12)21)20(24)25-11-19(23)22-13(2)18-10-14-5-3-4-6-17(14)26-18/h3-10,13H,11H2,1-2H3,(H,22,23)/t13-/m0/s1. The Bertz CT molecular complexity index is 930. The number of furan rings is 1. The minimum absolute atomic E-state index is 0.0613. The molecule has 0 radical (unpaired) electrons. The first-order valence-corrected chi connectivity index (χ1v) is 8.15. The number of halogens is 1. The van der Waals surface area contributed by atoms with Crippen molar-refractivity contribution in [3.63, 3.8) is 0 Å². The fourth-order valence-corrected chi connectivity index (χ4v) is 2.50. The summed E-state index contributed by atoms with van der Waals surface area (Å²) in [5, 5.41) is 3.64. The molecular formula is C20H18FNO4. The lowest BCUT2D eigenvalue weighted by molar-refractivity contribution is -0.125. The van der Waals surface area contributed by atoms with Gasteiger partial charge in [-0.15, -0.1) is 0 Å². The Labute approximate surface area is 149 Å². The number of fused-ring (bicyclic) bond motifs is 1. The van der Waals surface area contributed by atoms with Crippen LogP contribution in [0.3, 0.4) is 0 Å². The Morgan fingerprint density at radius 1 is 1.19 bits per heavy atom. The number of hydrogen-bond donors (Lipinski definition) is 1. The zero-order valence-corrected chi connectivity index (χ0v) is 14.4. The highest BCUT2D eigenvalue weighted by molar-refractivity contribution is 5.91. The summed E-state index contributed by atoms with van der Waals surface area (Å²) in [7, 11) is 0. The number of carbonyl (C=O) groups is 2. The number of ether oxygens (including phenoxy) is 1. The topological polar surface area (TPSA) is 68.5 Å². The molecule has 0 unspecified atom stereocenters. The molecule has 1 aromatic heterocycles. The van der Waals surface area contributed by atoms with Crippen LogP contribution in [0.15, 0.2) is 52.9 Å². The van der Waals surface area contributed by atoms with Crippen LogP contribution in [0.5, 0.6) is 0 Å². The highest BCUT2D eigenvalue weighted by Crippen LogP contribution is 2.23. The van der Waals surface area contributed by atoms with Gasteiger partial charge in [0.1, 0.15) is 17.2 Å². The number of para-hydroxylation sites is 1. The number of amides is 1. The minimum atomic E-state index is -0.754. The number of hydrogen-bond acceptors (Lipinski definition) is 4. The van der Waals surface area contributed by atoms with Gasteiger partial charge in [0.25, 0.3) is 5.91 Å². The predicted molar refractivity (Wildman–Crippen MR) is 94.2 cm³/mol. The van der Waals surface area contributed by atoms with Crippen LogP contribution >= 0.6 is 0 Å². The van der Waals surface area contributed by atoms with E-state index >= 15 is 0 Å². The zero-order valence-electron chi connectivity index (χ0n) is 14.4. The number of carbonyl (C=O) groups excluding carboxylic acids is 2. The smallest absolute Gasteiger partial charge is 0.338 e. The molecule has 0 aliphatic heterocycles. The number of aryl methyl sites for hydroxylation is 1. The van der Waals surface area contributed by atoms with Crippen LogP contribution in [0.25, 0.3) is 11.0 Å². The maximum atomic E-state index is 13.5. The van der Waals surface area contributed by atoms with Crippen LogP contribution in [0.2, 0.25) is 0 Å². The molecule has 134 valence electrons. The van der Waals surface area contributed by atoms with Crippen molar-refractivity contribution in [1.29, 1.82) is 0 Å². The summed E-state index contributed by atoms with van der Waals surface area (Å²) in [5.74, 6) is -1.12. The molecule has 5 nitrogen and oxygen atoms in total. The molecule has 0 spiro atoms. The maximum Gasteiger partial charge on any atom is 0.338 e. The second-order valence-electron chi connectivity index (χ2n) is 6.02. The third-order valence-corrected chi connectivity index (χ3v) is 3.99. The third kappa shape index (κ3) is 3.91. The van der Waals surface area contributed by atoms with E-state index in [0.29, 0.717) is 11.3 Å². The molecule has 26 heavy (non-hydrogen) atoms. The highest BCUT2D eigenvalue weighted by atomic mass is 19.1. The predicted octanol–water partition coefficient (Wildman–Crippen LogP) is 3.91. The van der Waals surface area contributed by atoms with E-state index in [4.69, 9.17) is 9.15 Å².